The van der Waals surface area contributed by atoms with Crippen LogP contribution in [0, 0.1) is 0 Å². The molecule has 0 bridgehead atoms. The Morgan fingerprint density at radius 3 is 2.38 bits per heavy atom. The van der Waals surface area contributed by atoms with Gasteiger partial charge in [0, 0.05) is 36.9 Å². The maximum Gasteiger partial charge on any atom is 0.254 e. The van der Waals surface area contributed by atoms with E-state index >= 15 is 0 Å². The summed E-state index contributed by atoms with van der Waals surface area (Å²) in [6.45, 7) is 5.41. The maximum atomic E-state index is 12.7. The number of amides is 1. The van der Waals surface area contributed by atoms with Gasteiger partial charge < -0.3 is 9.80 Å². The largest absolute Gasteiger partial charge is 0.372 e. The van der Waals surface area contributed by atoms with E-state index in [0.29, 0.717) is 6.04 Å². The molecule has 1 aromatic carbocycles. The molecule has 2 saturated heterocycles. The Balaban J connectivity index is 1.71. The summed E-state index contributed by atoms with van der Waals surface area (Å²) in [5, 5.41) is 0. The Morgan fingerprint density at radius 2 is 1.71 bits per heavy atom. The number of hydrogen-bond acceptors (Lipinski definition) is 2. The predicted octanol–water partition coefficient (Wildman–Crippen LogP) is 3.69. The first kappa shape index (κ1) is 14.4. The standard InChI is InChI=1S/C18H26N2O/c1-2-16-7-3-4-14-20(16)18(21)15-8-10-17(11-9-15)19-12-5-6-13-19/h8-11,16H,2-7,12-14H2,1H3. The van der Waals surface area contributed by atoms with Gasteiger partial charge in [0.2, 0.25) is 0 Å². The van der Waals surface area contributed by atoms with Crippen LogP contribution in [0.4, 0.5) is 5.69 Å². The molecule has 1 unspecified atom stereocenters. The number of piperidine rings is 1. The molecular weight excluding hydrogens is 260 g/mol. The van der Waals surface area contributed by atoms with Crippen LogP contribution in [-0.2, 0) is 0 Å². The molecule has 3 nitrogen and oxygen atoms in total. The van der Waals surface area contributed by atoms with E-state index in [-0.39, 0.29) is 5.91 Å². The summed E-state index contributed by atoms with van der Waals surface area (Å²) in [4.78, 5) is 17.2. The highest BCUT2D eigenvalue weighted by Crippen LogP contribution is 2.24. The first-order chi connectivity index (χ1) is 10.3. The molecule has 3 heteroatoms. The lowest BCUT2D eigenvalue weighted by atomic mass is 9.99. The Kier molecular flexibility index (Phi) is 4.47. The summed E-state index contributed by atoms with van der Waals surface area (Å²) in [5.41, 5.74) is 2.10. The zero-order chi connectivity index (χ0) is 14.7. The van der Waals surface area contributed by atoms with Crippen LogP contribution in [-0.4, -0.2) is 36.5 Å². The Morgan fingerprint density at radius 1 is 1.05 bits per heavy atom. The highest BCUT2D eigenvalue weighted by atomic mass is 16.2. The summed E-state index contributed by atoms with van der Waals surface area (Å²) in [6.07, 6.45) is 7.20. The smallest absolute Gasteiger partial charge is 0.254 e. The molecule has 1 aromatic rings. The van der Waals surface area contributed by atoms with Crippen molar-refractivity contribution in [2.24, 2.45) is 0 Å². The number of carbonyl (C=O) groups is 1. The SMILES string of the molecule is CCC1CCCCN1C(=O)c1ccc(N2CCCC2)cc1. The molecule has 0 radical (unpaired) electrons. The zero-order valence-corrected chi connectivity index (χ0v) is 13.1. The minimum atomic E-state index is 0.217. The van der Waals surface area contributed by atoms with Gasteiger partial charge in [-0.15, -0.1) is 0 Å². The van der Waals surface area contributed by atoms with Crippen LogP contribution >= 0.6 is 0 Å². The minimum Gasteiger partial charge on any atom is -0.372 e. The van der Waals surface area contributed by atoms with Gasteiger partial charge in [-0.1, -0.05) is 6.92 Å². The van der Waals surface area contributed by atoms with E-state index in [0.717, 1.165) is 44.5 Å². The van der Waals surface area contributed by atoms with Crippen LogP contribution < -0.4 is 4.90 Å². The quantitative estimate of drug-likeness (QED) is 0.846. The molecule has 0 spiro atoms. The molecule has 0 N–H and O–H groups in total. The number of rotatable bonds is 3. The second-order valence-corrected chi connectivity index (χ2v) is 6.30. The van der Waals surface area contributed by atoms with Crippen molar-refractivity contribution >= 4 is 11.6 Å². The zero-order valence-electron chi connectivity index (χ0n) is 13.1. The van der Waals surface area contributed by atoms with Gasteiger partial charge in [-0.25, -0.2) is 0 Å². The van der Waals surface area contributed by atoms with Gasteiger partial charge in [-0.05, 0) is 62.8 Å². The van der Waals surface area contributed by atoms with Crippen LogP contribution in [0.5, 0.6) is 0 Å². The molecular formula is C18H26N2O. The van der Waals surface area contributed by atoms with Gasteiger partial charge in [0.15, 0.2) is 0 Å². The van der Waals surface area contributed by atoms with Crippen molar-refractivity contribution in [1.82, 2.24) is 4.90 Å². The van der Waals surface area contributed by atoms with Crippen molar-refractivity contribution in [3.63, 3.8) is 0 Å². The monoisotopic (exact) mass is 286 g/mol. The third kappa shape index (κ3) is 3.07. The fourth-order valence-corrected chi connectivity index (χ4v) is 3.65. The van der Waals surface area contributed by atoms with Gasteiger partial charge >= 0.3 is 0 Å². The average Bonchev–Trinajstić information content (AvgIpc) is 3.09. The van der Waals surface area contributed by atoms with Gasteiger partial charge in [-0.3, -0.25) is 4.79 Å². The predicted molar refractivity (Wildman–Crippen MR) is 86.9 cm³/mol. The van der Waals surface area contributed by atoms with E-state index in [1.807, 2.05) is 12.1 Å². The number of carbonyl (C=O) groups excluding carboxylic acids is 1. The fraction of sp³-hybridized carbons (Fsp3) is 0.611. The summed E-state index contributed by atoms with van der Waals surface area (Å²) in [5.74, 6) is 0.217. The van der Waals surface area contributed by atoms with E-state index in [1.54, 1.807) is 0 Å². The number of nitrogens with zero attached hydrogens (tertiary/aromatic N) is 2. The van der Waals surface area contributed by atoms with Crippen molar-refractivity contribution < 1.29 is 4.79 Å². The topological polar surface area (TPSA) is 23.6 Å². The highest BCUT2D eigenvalue weighted by Gasteiger charge is 2.26. The van der Waals surface area contributed by atoms with Crippen molar-refractivity contribution in [2.75, 3.05) is 24.5 Å². The van der Waals surface area contributed by atoms with Crippen molar-refractivity contribution in [2.45, 2.75) is 51.5 Å². The minimum absolute atomic E-state index is 0.217. The van der Waals surface area contributed by atoms with E-state index in [9.17, 15) is 4.79 Å². The Labute approximate surface area is 127 Å². The first-order valence-electron chi connectivity index (χ1n) is 8.45. The molecule has 2 fully saturated rings. The maximum absolute atomic E-state index is 12.7. The normalized spacial score (nSPS) is 22.6. The van der Waals surface area contributed by atoms with E-state index in [1.165, 1.54) is 24.9 Å². The van der Waals surface area contributed by atoms with Crippen molar-refractivity contribution in [3.8, 4) is 0 Å². The van der Waals surface area contributed by atoms with Crippen LogP contribution in [0.15, 0.2) is 24.3 Å². The van der Waals surface area contributed by atoms with E-state index in [2.05, 4.69) is 28.9 Å². The van der Waals surface area contributed by atoms with Crippen LogP contribution in [0.1, 0.15) is 55.8 Å². The summed E-state index contributed by atoms with van der Waals surface area (Å²) in [6, 6.07) is 8.69. The average molecular weight is 286 g/mol. The van der Waals surface area contributed by atoms with Gasteiger partial charge in [-0.2, -0.15) is 0 Å². The molecule has 0 aromatic heterocycles. The van der Waals surface area contributed by atoms with Crippen LogP contribution in [0.3, 0.4) is 0 Å². The van der Waals surface area contributed by atoms with E-state index < -0.39 is 0 Å². The second kappa shape index (κ2) is 6.50. The molecule has 0 saturated carbocycles. The van der Waals surface area contributed by atoms with E-state index in [4.69, 9.17) is 0 Å². The van der Waals surface area contributed by atoms with Gasteiger partial charge in [0.25, 0.3) is 5.91 Å². The lowest BCUT2D eigenvalue weighted by Gasteiger charge is -2.35. The molecule has 2 aliphatic rings. The molecule has 21 heavy (non-hydrogen) atoms. The molecule has 1 atom stereocenters. The third-order valence-electron chi connectivity index (χ3n) is 4.94. The molecule has 0 aliphatic carbocycles. The Bertz CT molecular complexity index is 476. The molecule has 1 amide bonds. The van der Waals surface area contributed by atoms with Crippen molar-refractivity contribution in [1.29, 1.82) is 0 Å². The lowest BCUT2D eigenvalue weighted by molar-refractivity contribution is 0.0608. The molecule has 2 heterocycles. The number of anilines is 1. The molecule has 3 rings (SSSR count). The third-order valence-corrected chi connectivity index (χ3v) is 4.94. The van der Waals surface area contributed by atoms with Gasteiger partial charge in [0.1, 0.15) is 0 Å². The van der Waals surface area contributed by atoms with Gasteiger partial charge in [0.05, 0.1) is 0 Å². The highest BCUT2D eigenvalue weighted by molar-refractivity contribution is 5.94. The summed E-state index contributed by atoms with van der Waals surface area (Å²) >= 11 is 0. The summed E-state index contributed by atoms with van der Waals surface area (Å²) in [7, 11) is 0. The first-order valence-corrected chi connectivity index (χ1v) is 8.45. The van der Waals surface area contributed by atoms with Crippen LogP contribution in [0.25, 0.3) is 0 Å². The fourth-order valence-electron chi connectivity index (χ4n) is 3.65. The number of likely N-dealkylation sites (tertiary alicyclic amines) is 1. The van der Waals surface area contributed by atoms with Crippen molar-refractivity contribution in [3.05, 3.63) is 29.8 Å². The number of hydrogen-bond donors (Lipinski definition) is 0. The van der Waals surface area contributed by atoms with Crippen LogP contribution in [0.2, 0.25) is 0 Å². The summed E-state index contributed by atoms with van der Waals surface area (Å²) < 4.78 is 0. The lowest BCUT2D eigenvalue weighted by Crippen LogP contribution is -2.43. The Hall–Kier alpha value is -1.51. The molecule has 114 valence electrons. The number of benzene rings is 1. The second-order valence-electron chi connectivity index (χ2n) is 6.30. The molecule has 2 aliphatic heterocycles.